The predicted octanol–water partition coefficient (Wildman–Crippen LogP) is 2.92. The Morgan fingerprint density at radius 3 is 2.67 bits per heavy atom. The summed E-state index contributed by atoms with van der Waals surface area (Å²) < 4.78 is 26.0. The molecule has 0 bridgehead atoms. The van der Waals surface area contributed by atoms with Gasteiger partial charge in [0.15, 0.2) is 0 Å². The van der Waals surface area contributed by atoms with Gasteiger partial charge in [0.2, 0.25) is 5.95 Å². The highest BCUT2D eigenvalue weighted by Crippen LogP contribution is 2.14. The average Bonchev–Trinajstić information content (AvgIpc) is 2.27. The molecule has 0 radical (unpaired) electrons. The van der Waals surface area contributed by atoms with Gasteiger partial charge in [-0.25, -0.2) is 9.37 Å². The summed E-state index contributed by atoms with van der Waals surface area (Å²) in [6, 6.07) is 8.04. The predicted molar refractivity (Wildman–Crippen MR) is 63.3 cm³/mol. The van der Waals surface area contributed by atoms with Gasteiger partial charge in [-0.2, -0.15) is 4.39 Å². The number of benzene rings is 1. The van der Waals surface area contributed by atoms with Gasteiger partial charge in [-0.3, -0.25) is 4.79 Å². The number of amides is 1. The average molecular weight is 248 g/mol. The molecule has 2 rings (SSSR count). The van der Waals surface area contributed by atoms with E-state index in [1.54, 1.807) is 13.0 Å². The highest BCUT2D eigenvalue weighted by molar-refractivity contribution is 6.02. The van der Waals surface area contributed by atoms with E-state index in [-0.39, 0.29) is 5.69 Å². The molecule has 0 aliphatic heterocycles. The van der Waals surface area contributed by atoms with Gasteiger partial charge >= 0.3 is 0 Å². The number of aromatic nitrogens is 1. The minimum absolute atomic E-state index is 0.0584. The maximum Gasteiger partial charge on any atom is 0.274 e. The number of nitrogens with one attached hydrogen (secondary N) is 1. The molecule has 0 unspecified atom stereocenters. The van der Waals surface area contributed by atoms with E-state index in [9.17, 15) is 13.6 Å². The lowest BCUT2D eigenvalue weighted by atomic mass is 10.2. The van der Waals surface area contributed by atoms with Crippen LogP contribution in [-0.4, -0.2) is 10.9 Å². The lowest BCUT2D eigenvalue weighted by Crippen LogP contribution is -2.14. The van der Waals surface area contributed by atoms with Crippen molar-refractivity contribution in [2.24, 2.45) is 0 Å². The molecule has 1 amide bonds. The van der Waals surface area contributed by atoms with Crippen LogP contribution in [0.15, 0.2) is 36.4 Å². The molecule has 0 spiro atoms. The van der Waals surface area contributed by atoms with Crippen molar-refractivity contribution in [3.05, 3.63) is 59.4 Å². The molecule has 1 aromatic carbocycles. The van der Waals surface area contributed by atoms with Crippen molar-refractivity contribution in [3.8, 4) is 0 Å². The van der Waals surface area contributed by atoms with Gasteiger partial charge in [0.25, 0.3) is 5.91 Å². The molecule has 3 nitrogen and oxygen atoms in total. The van der Waals surface area contributed by atoms with Crippen LogP contribution in [-0.2, 0) is 0 Å². The zero-order valence-corrected chi connectivity index (χ0v) is 9.58. The number of anilines is 1. The third-order valence-electron chi connectivity index (χ3n) is 2.25. The first-order valence-electron chi connectivity index (χ1n) is 5.26. The Hall–Kier alpha value is -2.30. The first-order valence-corrected chi connectivity index (χ1v) is 5.26. The number of hydrogen-bond acceptors (Lipinski definition) is 2. The van der Waals surface area contributed by atoms with E-state index in [4.69, 9.17) is 0 Å². The highest BCUT2D eigenvalue weighted by Gasteiger charge is 2.09. The molecule has 1 heterocycles. The Labute approximate surface area is 102 Å². The molecule has 92 valence electrons. The van der Waals surface area contributed by atoms with Crippen molar-refractivity contribution in [1.29, 1.82) is 0 Å². The van der Waals surface area contributed by atoms with Gasteiger partial charge in [-0.1, -0.05) is 6.07 Å². The van der Waals surface area contributed by atoms with Gasteiger partial charge in [0.1, 0.15) is 11.5 Å². The molecule has 5 heteroatoms. The van der Waals surface area contributed by atoms with Crippen LogP contribution in [0.25, 0.3) is 0 Å². The van der Waals surface area contributed by atoms with E-state index in [0.29, 0.717) is 11.3 Å². The molecule has 1 aromatic heterocycles. The number of halogens is 2. The summed E-state index contributed by atoms with van der Waals surface area (Å²) in [6.07, 6.45) is 0. The van der Waals surface area contributed by atoms with Crippen molar-refractivity contribution in [2.45, 2.75) is 6.92 Å². The van der Waals surface area contributed by atoms with E-state index in [2.05, 4.69) is 10.3 Å². The summed E-state index contributed by atoms with van der Waals surface area (Å²) >= 11 is 0. The third-order valence-corrected chi connectivity index (χ3v) is 2.25. The lowest BCUT2D eigenvalue weighted by molar-refractivity contribution is 0.102. The molecule has 2 aromatic rings. The first kappa shape index (κ1) is 12.2. The third kappa shape index (κ3) is 2.88. The molecule has 0 saturated carbocycles. The fourth-order valence-corrected chi connectivity index (χ4v) is 1.54. The van der Waals surface area contributed by atoms with E-state index >= 15 is 0 Å². The number of carbonyl (C=O) groups excluding carboxylic acids is 1. The number of nitrogens with zero attached hydrogens (tertiary/aromatic N) is 1. The van der Waals surface area contributed by atoms with Crippen LogP contribution < -0.4 is 5.32 Å². The van der Waals surface area contributed by atoms with Crippen LogP contribution in [0.1, 0.15) is 16.1 Å². The summed E-state index contributed by atoms with van der Waals surface area (Å²) in [5.74, 6) is -1.77. The molecule has 0 fully saturated rings. The quantitative estimate of drug-likeness (QED) is 0.830. The van der Waals surface area contributed by atoms with Gasteiger partial charge in [-0.15, -0.1) is 0 Å². The number of carbonyl (C=O) groups is 1. The van der Waals surface area contributed by atoms with Gasteiger partial charge in [-0.05, 0) is 42.8 Å². The Morgan fingerprint density at radius 1 is 1.22 bits per heavy atom. The van der Waals surface area contributed by atoms with Crippen molar-refractivity contribution in [3.63, 3.8) is 0 Å². The van der Waals surface area contributed by atoms with Crippen LogP contribution >= 0.6 is 0 Å². The Kier molecular flexibility index (Phi) is 3.32. The van der Waals surface area contributed by atoms with Crippen molar-refractivity contribution >= 4 is 11.6 Å². The smallest absolute Gasteiger partial charge is 0.274 e. The first-order chi connectivity index (χ1) is 8.54. The molecular weight excluding hydrogens is 238 g/mol. The SMILES string of the molecule is Cc1cc(F)cc(NC(=O)c2cccc(F)n2)c1. The van der Waals surface area contributed by atoms with Gasteiger partial charge in [0.05, 0.1) is 0 Å². The summed E-state index contributed by atoms with van der Waals surface area (Å²) in [5, 5.41) is 2.46. The fraction of sp³-hybridized carbons (Fsp3) is 0.0769. The van der Waals surface area contributed by atoms with E-state index < -0.39 is 17.7 Å². The highest BCUT2D eigenvalue weighted by atomic mass is 19.1. The second kappa shape index (κ2) is 4.91. The molecule has 0 aliphatic carbocycles. The Bertz CT molecular complexity index is 579. The second-order valence-corrected chi connectivity index (χ2v) is 3.82. The van der Waals surface area contributed by atoms with Gasteiger partial charge < -0.3 is 5.32 Å². The molecule has 0 aliphatic rings. The second-order valence-electron chi connectivity index (χ2n) is 3.82. The van der Waals surface area contributed by atoms with Crippen LogP contribution in [0, 0.1) is 18.7 Å². The fourth-order valence-electron chi connectivity index (χ4n) is 1.54. The zero-order valence-electron chi connectivity index (χ0n) is 9.58. The minimum atomic E-state index is -0.738. The zero-order chi connectivity index (χ0) is 13.1. The summed E-state index contributed by atoms with van der Waals surface area (Å²) in [4.78, 5) is 15.2. The molecule has 0 atom stereocenters. The summed E-state index contributed by atoms with van der Waals surface area (Å²) in [7, 11) is 0. The normalized spacial score (nSPS) is 10.2. The molecule has 18 heavy (non-hydrogen) atoms. The number of hydrogen-bond donors (Lipinski definition) is 1. The van der Waals surface area contributed by atoms with Crippen molar-refractivity contribution < 1.29 is 13.6 Å². The van der Waals surface area contributed by atoms with E-state index in [1.165, 1.54) is 24.3 Å². The topological polar surface area (TPSA) is 42.0 Å². The lowest BCUT2D eigenvalue weighted by Gasteiger charge is -2.06. The Morgan fingerprint density at radius 2 is 2.00 bits per heavy atom. The summed E-state index contributed by atoms with van der Waals surface area (Å²) in [5.41, 5.74) is 0.929. The monoisotopic (exact) mass is 248 g/mol. The molecule has 0 saturated heterocycles. The molecule has 1 N–H and O–H groups in total. The van der Waals surface area contributed by atoms with Crippen LogP contribution in [0.3, 0.4) is 0 Å². The Balaban J connectivity index is 2.21. The van der Waals surface area contributed by atoms with Crippen LogP contribution in [0.5, 0.6) is 0 Å². The minimum Gasteiger partial charge on any atom is -0.321 e. The van der Waals surface area contributed by atoms with Crippen LogP contribution in [0.2, 0.25) is 0 Å². The largest absolute Gasteiger partial charge is 0.321 e. The summed E-state index contributed by atoms with van der Waals surface area (Å²) in [6.45, 7) is 1.71. The number of rotatable bonds is 2. The molecular formula is C13H10F2N2O. The standard InChI is InChI=1S/C13H10F2N2O/c1-8-5-9(14)7-10(6-8)16-13(18)11-3-2-4-12(15)17-11/h2-7H,1H3,(H,16,18). The van der Waals surface area contributed by atoms with Crippen molar-refractivity contribution in [1.82, 2.24) is 4.98 Å². The maximum absolute atomic E-state index is 13.1. The number of pyridine rings is 1. The maximum atomic E-state index is 13.1. The number of aryl methyl sites for hydroxylation is 1. The van der Waals surface area contributed by atoms with Crippen LogP contribution in [0.4, 0.5) is 14.5 Å². The van der Waals surface area contributed by atoms with Gasteiger partial charge in [0, 0.05) is 5.69 Å². The van der Waals surface area contributed by atoms with Crippen molar-refractivity contribution in [2.75, 3.05) is 5.32 Å². The van der Waals surface area contributed by atoms with E-state index in [0.717, 1.165) is 6.07 Å². The van der Waals surface area contributed by atoms with E-state index in [1.807, 2.05) is 0 Å².